The van der Waals surface area contributed by atoms with Crippen LogP contribution in [0, 0.1) is 0 Å². The number of imide groups is 1. The molecule has 82 valence electrons. The van der Waals surface area contributed by atoms with Gasteiger partial charge in [-0.05, 0) is 13.8 Å². The van der Waals surface area contributed by atoms with Crippen LogP contribution < -0.4 is 0 Å². The zero-order chi connectivity index (χ0) is 11.2. The van der Waals surface area contributed by atoms with Crippen molar-refractivity contribution in [2.45, 2.75) is 32.5 Å². The van der Waals surface area contributed by atoms with E-state index in [1.165, 1.54) is 4.90 Å². The van der Waals surface area contributed by atoms with Crippen LogP contribution in [0.15, 0.2) is 5.16 Å². The lowest BCUT2D eigenvalue weighted by atomic mass is 10.2. The molecule has 0 saturated carbocycles. The Morgan fingerprint density at radius 2 is 2.13 bits per heavy atom. The summed E-state index contributed by atoms with van der Waals surface area (Å²) < 4.78 is 0. The SMILES string of the molecule is CC1=NOC(N2C(=O)C(C)N(C)C2=O)C1. The average Bonchev–Trinajstić information content (AvgIpc) is 2.68. The summed E-state index contributed by atoms with van der Waals surface area (Å²) in [5.74, 6) is -0.225. The molecule has 3 amide bonds. The van der Waals surface area contributed by atoms with E-state index in [0.717, 1.165) is 10.6 Å². The van der Waals surface area contributed by atoms with Crippen LogP contribution in [0.1, 0.15) is 20.3 Å². The summed E-state index contributed by atoms with van der Waals surface area (Å²) in [6.45, 7) is 3.50. The molecule has 6 heteroatoms. The lowest BCUT2D eigenvalue weighted by Gasteiger charge is -2.18. The number of carbonyl (C=O) groups is 2. The van der Waals surface area contributed by atoms with Crippen LogP contribution in [0.3, 0.4) is 0 Å². The first-order valence-electron chi connectivity index (χ1n) is 4.81. The van der Waals surface area contributed by atoms with Gasteiger partial charge in [-0.25, -0.2) is 9.69 Å². The van der Waals surface area contributed by atoms with Gasteiger partial charge in [0.2, 0.25) is 6.23 Å². The first-order chi connectivity index (χ1) is 7.02. The minimum atomic E-state index is -0.558. The molecule has 6 nitrogen and oxygen atoms in total. The average molecular weight is 211 g/mol. The number of nitrogens with zero attached hydrogens (tertiary/aromatic N) is 3. The molecule has 2 aliphatic rings. The molecule has 15 heavy (non-hydrogen) atoms. The van der Waals surface area contributed by atoms with Gasteiger partial charge in [0, 0.05) is 13.5 Å². The largest absolute Gasteiger partial charge is 0.370 e. The van der Waals surface area contributed by atoms with E-state index in [1.54, 1.807) is 20.9 Å². The third-order valence-corrected chi connectivity index (χ3v) is 2.77. The highest BCUT2D eigenvalue weighted by Gasteiger charge is 2.46. The zero-order valence-corrected chi connectivity index (χ0v) is 8.93. The fourth-order valence-electron chi connectivity index (χ4n) is 1.68. The lowest BCUT2D eigenvalue weighted by Crippen LogP contribution is -2.41. The fraction of sp³-hybridized carbons (Fsp3) is 0.667. The van der Waals surface area contributed by atoms with Crippen molar-refractivity contribution in [2.75, 3.05) is 7.05 Å². The number of amides is 3. The summed E-state index contributed by atoms with van der Waals surface area (Å²) in [6, 6.07) is -0.732. The van der Waals surface area contributed by atoms with Gasteiger partial charge in [0.15, 0.2) is 0 Å². The standard InChI is InChI=1S/C9H13N3O3/c1-5-4-7(15-10-5)12-8(13)6(2)11(3)9(12)14/h6-7H,4H2,1-3H3. The van der Waals surface area contributed by atoms with E-state index in [0.29, 0.717) is 6.42 Å². The normalized spacial score (nSPS) is 31.0. The molecule has 1 fully saturated rings. The fourth-order valence-corrected chi connectivity index (χ4v) is 1.68. The van der Waals surface area contributed by atoms with E-state index >= 15 is 0 Å². The maximum atomic E-state index is 11.8. The minimum Gasteiger partial charge on any atom is -0.370 e. The van der Waals surface area contributed by atoms with E-state index in [1.807, 2.05) is 0 Å². The van der Waals surface area contributed by atoms with Gasteiger partial charge < -0.3 is 9.74 Å². The Hall–Kier alpha value is -1.59. The van der Waals surface area contributed by atoms with Crippen molar-refractivity contribution in [3.63, 3.8) is 0 Å². The predicted octanol–water partition coefficient (Wildman–Crippen LogP) is 0.391. The van der Waals surface area contributed by atoms with Crippen molar-refractivity contribution < 1.29 is 14.4 Å². The third kappa shape index (κ3) is 1.36. The zero-order valence-electron chi connectivity index (χ0n) is 8.93. The number of oxime groups is 1. The van der Waals surface area contributed by atoms with Crippen LogP contribution in [-0.2, 0) is 9.63 Å². The molecule has 0 aromatic rings. The van der Waals surface area contributed by atoms with Crippen LogP contribution in [0.5, 0.6) is 0 Å². The Morgan fingerprint density at radius 3 is 2.53 bits per heavy atom. The Bertz CT molecular complexity index is 333. The second-order valence-electron chi connectivity index (χ2n) is 3.87. The van der Waals surface area contributed by atoms with Gasteiger partial charge in [-0.15, -0.1) is 0 Å². The molecule has 0 N–H and O–H groups in total. The van der Waals surface area contributed by atoms with Crippen molar-refractivity contribution in [2.24, 2.45) is 5.16 Å². The van der Waals surface area contributed by atoms with Crippen molar-refractivity contribution >= 4 is 17.6 Å². The van der Waals surface area contributed by atoms with Gasteiger partial charge in [-0.3, -0.25) is 4.79 Å². The Kier molecular flexibility index (Phi) is 2.13. The summed E-state index contributed by atoms with van der Waals surface area (Å²) in [6.07, 6.45) is -0.0599. The summed E-state index contributed by atoms with van der Waals surface area (Å²) >= 11 is 0. The second kappa shape index (κ2) is 3.22. The molecular formula is C9H13N3O3. The third-order valence-electron chi connectivity index (χ3n) is 2.77. The Balaban J connectivity index is 2.17. The molecular weight excluding hydrogens is 198 g/mol. The summed E-state index contributed by atoms with van der Waals surface area (Å²) in [4.78, 5) is 31.1. The lowest BCUT2D eigenvalue weighted by molar-refractivity contribution is -0.136. The van der Waals surface area contributed by atoms with Gasteiger partial charge in [0.25, 0.3) is 5.91 Å². The van der Waals surface area contributed by atoms with Gasteiger partial charge in [-0.1, -0.05) is 5.16 Å². The van der Waals surface area contributed by atoms with E-state index in [9.17, 15) is 9.59 Å². The summed E-state index contributed by atoms with van der Waals surface area (Å²) in [7, 11) is 1.60. The van der Waals surface area contributed by atoms with E-state index < -0.39 is 12.3 Å². The molecule has 0 aromatic heterocycles. The number of hydrogen-bond acceptors (Lipinski definition) is 4. The topological polar surface area (TPSA) is 62.2 Å². The molecule has 0 spiro atoms. The van der Waals surface area contributed by atoms with Crippen LogP contribution in [0.4, 0.5) is 4.79 Å². The molecule has 0 bridgehead atoms. The summed E-state index contributed by atoms with van der Waals surface area (Å²) in [5, 5.41) is 3.73. The van der Waals surface area contributed by atoms with Crippen LogP contribution in [-0.4, -0.2) is 46.8 Å². The maximum Gasteiger partial charge on any atom is 0.330 e. The number of likely N-dealkylation sites (N-methyl/N-ethyl adjacent to an activating group) is 1. The quantitative estimate of drug-likeness (QED) is 0.589. The van der Waals surface area contributed by atoms with E-state index in [2.05, 4.69) is 5.16 Å². The van der Waals surface area contributed by atoms with Gasteiger partial charge >= 0.3 is 6.03 Å². The minimum absolute atomic E-state index is 0.225. The van der Waals surface area contributed by atoms with E-state index in [-0.39, 0.29) is 11.9 Å². The number of carbonyl (C=O) groups excluding carboxylic acids is 2. The van der Waals surface area contributed by atoms with Crippen molar-refractivity contribution in [3.8, 4) is 0 Å². The molecule has 2 atom stereocenters. The van der Waals surface area contributed by atoms with Crippen LogP contribution >= 0.6 is 0 Å². The molecule has 0 radical (unpaired) electrons. The van der Waals surface area contributed by atoms with Gasteiger partial charge in [-0.2, -0.15) is 0 Å². The highest BCUT2D eigenvalue weighted by molar-refractivity contribution is 6.04. The first-order valence-corrected chi connectivity index (χ1v) is 4.81. The number of urea groups is 1. The molecule has 0 aliphatic carbocycles. The predicted molar refractivity (Wildman–Crippen MR) is 52.1 cm³/mol. The van der Waals surface area contributed by atoms with Gasteiger partial charge in [0.1, 0.15) is 6.04 Å². The number of hydrogen-bond donors (Lipinski definition) is 0. The highest BCUT2D eigenvalue weighted by Crippen LogP contribution is 2.23. The first kappa shape index (κ1) is 9.95. The summed E-state index contributed by atoms with van der Waals surface area (Å²) in [5.41, 5.74) is 0.794. The smallest absolute Gasteiger partial charge is 0.330 e. The van der Waals surface area contributed by atoms with Crippen molar-refractivity contribution in [3.05, 3.63) is 0 Å². The maximum absolute atomic E-state index is 11.8. The monoisotopic (exact) mass is 211 g/mol. The number of rotatable bonds is 1. The Morgan fingerprint density at radius 1 is 1.47 bits per heavy atom. The molecule has 2 rings (SSSR count). The second-order valence-corrected chi connectivity index (χ2v) is 3.87. The van der Waals surface area contributed by atoms with Crippen molar-refractivity contribution in [1.82, 2.24) is 9.80 Å². The van der Waals surface area contributed by atoms with Crippen molar-refractivity contribution in [1.29, 1.82) is 0 Å². The van der Waals surface area contributed by atoms with Gasteiger partial charge in [0.05, 0.1) is 5.71 Å². The van der Waals surface area contributed by atoms with E-state index in [4.69, 9.17) is 4.84 Å². The van der Waals surface area contributed by atoms with Crippen LogP contribution in [0.2, 0.25) is 0 Å². The molecule has 0 aromatic carbocycles. The highest BCUT2D eigenvalue weighted by atomic mass is 16.7. The Labute approximate surface area is 87.5 Å². The van der Waals surface area contributed by atoms with Crippen LogP contribution in [0.25, 0.3) is 0 Å². The molecule has 1 saturated heterocycles. The molecule has 2 aliphatic heterocycles. The molecule has 2 heterocycles. The molecule has 2 unspecified atom stereocenters.